The fourth-order valence-electron chi connectivity index (χ4n) is 15.1. The normalized spacial score (nSPS) is 31.4. The quantitative estimate of drug-likeness (QED) is 0.0144. The Morgan fingerprint density at radius 3 is 1.21 bits per heavy atom. The van der Waals surface area contributed by atoms with Crippen LogP contribution in [-0.4, -0.2) is 353 Å². The number of nitrogens with two attached hydrogens (primary N) is 1. The molecule has 4 N–H and O–H groups in total. The zero-order valence-corrected chi connectivity index (χ0v) is 80.3. The van der Waals surface area contributed by atoms with E-state index in [1.807, 2.05) is 0 Å². The number of carbonyl (C=O) groups excluding carboxylic acids is 19. The molecule has 0 aromatic heterocycles. The Hall–Kier alpha value is -11.0. The number of halogens is 3. The molecule has 6 heterocycles. The number of nitrogens with one attached hydrogen (secondary N) is 2. The highest BCUT2D eigenvalue weighted by atomic mass is 35.6. The predicted octanol–water partition coefficient (Wildman–Crippen LogP) is -0.368. The summed E-state index contributed by atoms with van der Waals surface area (Å²) in [6.07, 6.45) is -64.1. The van der Waals surface area contributed by atoms with E-state index >= 15 is 0 Å². The van der Waals surface area contributed by atoms with E-state index < -0.39 is 352 Å². The fourth-order valence-corrected chi connectivity index (χ4v) is 15.2. The minimum atomic E-state index is -3.36. The third-order valence-corrected chi connectivity index (χ3v) is 20.6. The molecule has 0 spiro atoms. The molecule has 31 atom stereocenters. The van der Waals surface area contributed by atoms with Crippen molar-refractivity contribution in [1.82, 2.24) is 5.32 Å². The Balaban J connectivity index is 1.57. The molecule has 6 fully saturated rings. The van der Waals surface area contributed by atoms with Crippen molar-refractivity contribution in [3.05, 3.63) is 35.9 Å². The topological polar surface area (TPSA) is 672 Å². The molecule has 0 saturated carbocycles. The highest BCUT2D eigenvalue weighted by Crippen LogP contribution is 2.45. The molecule has 6 aliphatic heterocycles. The lowest BCUT2D eigenvalue weighted by atomic mass is 9.89. The molecule has 56 heteroatoms. The maximum atomic E-state index is 14.9. The average Bonchev–Trinajstić information content (AvgIpc) is 0.749. The third kappa shape index (κ3) is 33.3. The van der Waals surface area contributed by atoms with Gasteiger partial charge in [0.05, 0.1) is 31.2 Å². The lowest BCUT2D eigenvalue weighted by Crippen LogP contribution is -2.72. The number of hydrogen-bond acceptors (Lipinski definition) is 52. The fraction of sp³-hybridized carbons (Fsp3) is 0.687. The van der Waals surface area contributed by atoms with Gasteiger partial charge < -0.3 is 148 Å². The van der Waals surface area contributed by atoms with E-state index in [-0.39, 0.29) is 5.56 Å². The summed E-state index contributed by atoms with van der Waals surface area (Å²) in [4.78, 5) is 270. The second-order valence-corrected chi connectivity index (χ2v) is 33.7. The van der Waals surface area contributed by atoms with E-state index in [9.17, 15) is 91.1 Å². The van der Waals surface area contributed by atoms with Crippen LogP contribution < -0.4 is 11.1 Å². The van der Waals surface area contributed by atoms with Crippen molar-refractivity contribution < 1.29 is 238 Å². The molecule has 0 bridgehead atoms. The molecule has 776 valence electrons. The molecular weight excluding hydrogens is 1950 g/mol. The van der Waals surface area contributed by atoms with Crippen LogP contribution in [0.5, 0.6) is 0 Å². The molecular formula is C83H108Cl3N3O50. The molecule has 139 heavy (non-hydrogen) atoms. The van der Waals surface area contributed by atoms with Crippen molar-refractivity contribution in [2.75, 3.05) is 40.1 Å². The first kappa shape index (κ1) is 115. The minimum absolute atomic E-state index is 0.202. The molecule has 1 amide bonds. The van der Waals surface area contributed by atoms with Gasteiger partial charge in [-0.15, -0.1) is 0 Å². The number of esters is 18. The van der Waals surface area contributed by atoms with E-state index in [0.29, 0.717) is 0 Å². The van der Waals surface area contributed by atoms with E-state index in [0.717, 1.165) is 125 Å². The van der Waals surface area contributed by atoms with Gasteiger partial charge in [0.15, 0.2) is 92.3 Å². The molecule has 53 nitrogen and oxygen atoms in total. The largest absolute Gasteiger partial charge is 0.465 e. The maximum Gasteiger partial charge on any atom is 0.369 e. The number of ether oxygens (including phenoxy) is 29. The van der Waals surface area contributed by atoms with E-state index in [1.54, 1.807) is 0 Å². The van der Waals surface area contributed by atoms with E-state index in [1.165, 1.54) is 37.3 Å². The lowest BCUT2D eigenvalue weighted by molar-refractivity contribution is -0.480. The molecule has 0 radical (unpaired) electrons. The zero-order chi connectivity index (χ0) is 104. The maximum absolute atomic E-state index is 14.9. The van der Waals surface area contributed by atoms with Gasteiger partial charge in [-0.1, -0.05) is 53.0 Å². The molecule has 6 aliphatic rings. The average molecular weight is 2050 g/mol. The van der Waals surface area contributed by atoms with Gasteiger partial charge in [-0.3, -0.25) is 86.9 Å². The van der Waals surface area contributed by atoms with Crippen molar-refractivity contribution in [2.45, 2.75) is 325 Å². The van der Waals surface area contributed by atoms with Crippen LogP contribution in [0.3, 0.4) is 0 Å². The number of hydrogen-bond donors (Lipinski definition) is 3. The smallest absolute Gasteiger partial charge is 0.369 e. The number of rotatable bonds is 39. The number of methoxy groups -OCH3 is 1. The summed E-state index contributed by atoms with van der Waals surface area (Å²) in [6, 6.07) is 2.65. The Kier molecular flexibility index (Phi) is 42.9. The molecule has 0 unspecified atom stereocenters. The van der Waals surface area contributed by atoms with Crippen LogP contribution in [0.4, 0.5) is 0 Å². The molecule has 1 aromatic rings. The minimum Gasteiger partial charge on any atom is -0.465 e. The third-order valence-electron chi connectivity index (χ3n) is 20.1. The summed E-state index contributed by atoms with van der Waals surface area (Å²) in [6.45, 7) is 10.4. The predicted molar refractivity (Wildman–Crippen MR) is 443 cm³/mol. The van der Waals surface area contributed by atoms with Gasteiger partial charge in [0.2, 0.25) is 24.2 Å². The van der Waals surface area contributed by atoms with E-state index in [4.69, 9.17) is 193 Å². The monoisotopic (exact) mass is 2050 g/mol. The van der Waals surface area contributed by atoms with Crippen molar-refractivity contribution in [1.29, 1.82) is 5.41 Å². The van der Waals surface area contributed by atoms with Crippen LogP contribution in [0.2, 0.25) is 0 Å². The summed E-state index contributed by atoms with van der Waals surface area (Å²) in [7, 11) is 0.744. The van der Waals surface area contributed by atoms with Gasteiger partial charge in [-0.05, 0) is 19.1 Å². The first-order valence-electron chi connectivity index (χ1n) is 42.2. The highest BCUT2D eigenvalue weighted by Gasteiger charge is 2.66. The van der Waals surface area contributed by atoms with Gasteiger partial charge in [0.1, 0.15) is 100 Å². The Morgan fingerprint density at radius 2 is 0.777 bits per heavy atom. The van der Waals surface area contributed by atoms with Crippen molar-refractivity contribution in [3.63, 3.8) is 0 Å². The lowest BCUT2D eigenvalue weighted by Gasteiger charge is -2.53. The van der Waals surface area contributed by atoms with Crippen molar-refractivity contribution in [2.24, 2.45) is 5.73 Å². The SMILES string of the molecule is COC(=O)[C@@]1(OO[C@H]2[C@@H](OC(C)=O)[C@@H](COC(C)=O)O[C@@H](O[C@H]3[C@H](O[C@@H]4O[C@@H](C)[C@@H](OC(C)=O)[C@@H](OC(C)=O)[C@@H]4OC(C)=O)[C@@H](NC(C)=O)[C@H](O[C@H]4[C@@H](OC(C)=O)[C@@H](COC(C)=O)O[C@@H](O[C@H]5[C@H](OC(C)=O)[C@H](OC(=O)c6ccccc6)[C@H](OC(=N)C(Cl)(Cl)Cl)O[C@@H]5COC(C)=O)[C@@H]4OC(C)=O)O[C@@H]3COC(C)=O)[C@@H]2OC(C)=O)C[C@H](OC(C)=O)[C@@H](N)[C@H]([C@H](OC(C)=O)[C@@H](COC(C)=O)OC(C)=O)O1. The Labute approximate surface area is 805 Å². The second kappa shape index (κ2) is 51.9. The number of alkyl halides is 3. The Bertz CT molecular complexity index is 4580. The Morgan fingerprint density at radius 1 is 0.410 bits per heavy atom. The molecule has 6 saturated heterocycles. The summed E-state index contributed by atoms with van der Waals surface area (Å²) in [5.41, 5.74) is 6.56. The zero-order valence-electron chi connectivity index (χ0n) is 78.1. The molecule has 7 rings (SSSR count). The number of carbonyl (C=O) groups is 19. The summed E-state index contributed by atoms with van der Waals surface area (Å²) < 4.78 is 172. The van der Waals surface area contributed by atoms with Crippen LogP contribution >= 0.6 is 34.8 Å². The van der Waals surface area contributed by atoms with Gasteiger partial charge in [-0.2, -0.15) is 4.89 Å². The van der Waals surface area contributed by atoms with Crippen LogP contribution in [0.25, 0.3) is 0 Å². The van der Waals surface area contributed by atoms with Gasteiger partial charge in [0, 0.05) is 118 Å². The van der Waals surface area contributed by atoms with Crippen molar-refractivity contribution >= 4 is 154 Å². The highest BCUT2D eigenvalue weighted by molar-refractivity contribution is 6.76. The van der Waals surface area contributed by atoms with Gasteiger partial charge in [0.25, 0.3) is 3.79 Å². The summed E-state index contributed by atoms with van der Waals surface area (Å²) in [5.74, 6) is -27.6. The van der Waals surface area contributed by atoms with Crippen LogP contribution in [0.1, 0.15) is 141 Å². The standard InChI is InChI=1S/C83H108Cl3N3O50/c1-31-58(118-40(10)98)66(122-44(14)102)70(124-46(16)104)76(115-31)134-65-57(89-32(2)90)75(135-68-61(120-42(12)100)53(28-112-35(5)93)128-77(71(68)125-47(17)105)133-62-54(29-113-36(6)94)130-79(136-80(88)83(84,85)86)72(67(62)123-45(15)103)131-74(107)49-23-21-20-22-24-49)127-52(27-111-34(4)92)60(65)132-78-73(126-48(18)106)69(63(121-43(13)101)55(129-78)30-114-37(7)95)138-139-82(81(108)109-19)25-50(116-38(8)96)56(87)64(137-82)59(119-41(11)99)51(117-39(9)97)26-110-33(3)91/h20-24,31,50-73,75-79,88H,25-30,87H2,1-19H3,(H,89,90)/t31-,50-,51+,52+,53+,54+,55+,56+,57+,58+,59+,60+,61-,62+,63-,64+,65+,66+,67-,68-,69-,70-,71+,72-,73+,75-,76-,77-,78-,79-,82-/m0/s1. The van der Waals surface area contributed by atoms with Crippen LogP contribution in [0, 0.1) is 5.41 Å². The second-order valence-electron chi connectivity index (χ2n) is 31.4. The number of amides is 1. The molecule has 1 aromatic carbocycles. The first-order chi connectivity index (χ1) is 65.0. The number of benzene rings is 1. The van der Waals surface area contributed by atoms with Crippen molar-refractivity contribution in [3.8, 4) is 0 Å². The van der Waals surface area contributed by atoms with Crippen LogP contribution in [0.15, 0.2) is 30.3 Å². The van der Waals surface area contributed by atoms with Gasteiger partial charge >= 0.3 is 113 Å². The first-order valence-corrected chi connectivity index (χ1v) is 43.3. The summed E-state index contributed by atoms with van der Waals surface area (Å²) >= 11 is 18.3. The van der Waals surface area contributed by atoms with Gasteiger partial charge in [-0.25, -0.2) is 14.5 Å². The molecule has 0 aliphatic carbocycles. The van der Waals surface area contributed by atoms with Crippen LogP contribution in [-0.2, 0) is 233 Å². The van der Waals surface area contributed by atoms with E-state index in [2.05, 4.69) is 5.32 Å². The summed E-state index contributed by atoms with van der Waals surface area (Å²) in [5, 5.41) is 11.2.